The molecule has 0 radical (unpaired) electrons. The summed E-state index contributed by atoms with van der Waals surface area (Å²) in [5.41, 5.74) is 7.42. The van der Waals surface area contributed by atoms with Crippen molar-refractivity contribution in [3.8, 4) is 0 Å². The van der Waals surface area contributed by atoms with Gasteiger partial charge in [-0.2, -0.15) is 11.8 Å². The summed E-state index contributed by atoms with van der Waals surface area (Å²) in [5.74, 6) is 2.18. The zero-order valence-electron chi connectivity index (χ0n) is 10.5. The van der Waals surface area contributed by atoms with E-state index < -0.39 is 0 Å². The van der Waals surface area contributed by atoms with Crippen LogP contribution in [0.15, 0.2) is 12.1 Å². The number of thioether (sulfide) groups is 1. The van der Waals surface area contributed by atoms with Crippen LogP contribution in [0, 0.1) is 6.92 Å². The van der Waals surface area contributed by atoms with Crippen molar-refractivity contribution in [1.29, 1.82) is 0 Å². The zero-order valence-corrected chi connectivity index (χ0v) is 11.3. The molecule has 0 bridgehead atoms. The topological polar surface area (TPSA) is 42.1 Å². The van der Waals surface area contributed by atoms with E-state index in [9.17, 15) is 0 Å². The van der Waals surface area contributed by atoms with E-state index in [0.29, 0.717) is 6.04 Å². The SMILES string of the molecule is CSCCC(C)N(C)c1ccc(N)c(C)n1. The molecule has 1 heterocycles. The summed E-state index contributed by atoms with van der Waals surface area (Å²) in [5, 5.41) is 0. The summed E-state index contributed by atoms with van der Waals surface area (Å²) >= 11 is 1.88. The third-order valence-corrected chi connectivity index (χ3v) is 3.52. The lowest BCUT2D eigenvalue weighted by Gasteiger charge is -2.26. The molecule has 0 spiro atoms. The largest absolute Gasteiger partial charge is 0.397 e. The van der Waals surface area contributed by atoms with Crippen molar-refractivity contribution in [3.63, 3.8) is 0 Å². The van der Waals surface area contributed by atoms with E-state index in [1.807, 2.05) is 30.8 Å². The number of nitrogens with zero attached hydrogens (tertiary/aromatic N) is 2. The van der Waals surface area contributed by atoms with Crippen LogP contribution >= 0.6 is 11.8 Å². The van der Waals surface area contributed by atoms with Crippen LogP contribution in [0.25, 0.3) is 0 Å². The Hall–Kier alpha value is -0.900. The molecule has 90 valence electrons. The van der Waals surface area contributed by atoms with Crippen LogP contribution in [0.2, 0.25) is 0 Å². The van der Waals surface area contributed by atoms with Gasteiger partial charge < -0.3 is 10.6 Å². The Balaban J connectivity index is 2.71. The fraction of sp³-hybridized carbons (Fsp3) is 0.583. The molecule has 0 fully saturated rings. The number of nitrogen functional groups attached to an aromatic ring is 1. The van der Waals surface area contributed by atoms with Gasteiger partial charge in [0.25, 0.3) is 0 Å². The van der Waals surface area contributed by atoms with Gasteiger partial charge in [0.2, 0.25) is 0 Å². The van der Waals surface area contributed by atoms with Crippen LogP contribution in [-0.2, 0) is 0 Å². The standard InChI is InChI=1S/C12H21N3S/c1-9(7-8-16-4)15(3)12-6-5-11(13)10(2)14-12/h5-6,9H,7-8,13H2,1-4H3. The number of rotatable bonds is 5. The lowest BCUT2D eigenvalue weighted by Crippen LogP contribution is -2.30. The van der Waals surface area contributed by atoms with E-state index in [0.717, 1.165) is 17.2 Å². The fourth-order valence-corrected chi connectivity index (χ4v) is 2.04. The van der Waals surface area contributed by atoms with Crippen LogP contribution in [-0.4, -0.2) is 30.1 Å². The number of nitrogens with two attached hydrogens (primary N) is 1. The van der Waals surface area contributed by atoms with Gasteiger partial charge in [-0.3, -0.25) is 0 Å². The second-order valence-electron chi connectivity index (χ2n) is 4.09. The molecule has 0 aliphatic rings. The minimum Gasteiger partial charge on any atom is -0.397 e. The van der Waals surface area contributed by atoms with E-state index >= 15 is 0 Å². The molecule has 2 N–H and O–H groups in total. The van der Waals surface area contributed by atoms with E-state index in [2.05, 4.69) is 30.1 Å². The number of aryl methyl sites for hydroxylation is 1. The Kier molecular flexibility index (Phi) is 4.93. The molecule has 3 nitrogen and oxygen atoms in total. The lowest BCUT2D eigenvalue weighted by atomic mass is 10.2. The summed E-state index contributed by atoms with van der Waals surface area (Å²) in [6, 6.07) is 4.41. The summed E-state index contributed by atoms with van der Waals surface area (Å²) in [4.78, 5) is 6.71. The van der Waals surface area contributed by atoms with Gasteiger partial charge in [-0.15, -0.1) is 0 Å². The van der Waals surface area contributed by atoms with Gasteiger partial charge in [-0.1, -0.05) is 0 Å². The zero-order chi connectivity index (χ0) is 12.1. The van der Waals surface area contributed by atoms with Crippen molar-refractivity contribution in [2.24, 2.45) is 0 Å². The second kappa shape index (κ2) is 5.99. The van der Waals surface area contributed by atoms with Crippen molar-refractivity contribution in [2.75, 3.05) is 29.7 Å². The molecular formula is C12H21N3S. The average molecular weight is 239 g/mol. The lowest BCUT2D eigenvalue weighted by molar-refractivity contribution is 0.661. The maximum Gasteiger partial charge on any atom is 0.128 e. The smallest absolute Gasteiger partial charge is 0.128 e. The van der Waals surface area contributed by atoms with E-state index in [1.165, 1.54) is 12.2 Å². The van der Waals surface area contributed by atoms with Gasteiger partial charge in [-0.25, -0.2) is 4.98 Å². The summed E-state index contributed by atoms with van der Waals surface area (Å²) in [7, 11) is 2.09. The highest BCUT2D eigenvalue weighted by Gasteiger charge is 2.11. The van der Waals surface area contributed by atoms with Crippen LogP contribution < -0.4 is 10.6 Å². The fourth-order valence-electron chi connectivity index (χ4n) is 1.46. The Morgan fingerprint density at radius 3 is 2.75 bits per heavy atom. The molecule has 1 unspecified atom stereocenters. The molecule has 1 atom stereocenters. The third kappa shape index (κ3) is 3.30. The number of aromatic nitrogens is 1. The van der Waals surface area contributed by atoms with Crippen molar-refractivity contribution in [1.82, 2.24) is 4.98 Å². The highest BCUT2D eigenvalue weighted by molar-refractivity contribution is 7.98. The predicted molar refractivity (Wildman–Crippen MR) is 74.3 cm³/mol. The highest BCUT2D eigenvalue weighted by Crippen LogP contribution is 2.18. The molecule has 0 aromatic carbocycles. The van der Waals surface area contributed by atoms with Gasteiger partial charge in [0.05, 0.1) is 11.4 Å². The number of hydrogen-bond donors (Lipinski definition) is 1. The number of anilines is 2. The van der Waals surface area contributed by atoms with Crippen LogP contribution in [0.5, 0.6) is 0 Å². The normalized spacial score (nSPS) is 12.5. The Morgan fingerprint density at radius 1 is 1.50 bits per heavy atom. The van der Waals surface area contributed by atoms with E-state index in [4.69, 9.17) is 5.73 Å². The van der Waals surface area contributed by atoms with Gasteiger partial charge >= 0.3 is 0 Å². The first-order valence-electron chi connectivity index (χ1n) is 5.51. The second-order valence-corrected chi connectivity index (χ2v) is 5.07. The average Bonchev–Trinajstić information content (AvgIpc) is 2.28. The van der Waals surface area contributed by atoms with Crippen LogP contribution in [0.3, 0.4) is 0 Å². The summed E-state index contributed by atoms with van der Waals surface area (Å²) < 4.78 is 0. The van der Waals surface area contributed by atoms with Crippen molar-refractivity contribution < 1.29 is 0 Å². The Morgan fingerprint density at radius 2 is 2.19 bits per heavy atom. The molecule has 0 amide bonds. The number of hydrogen-bond acceptors (Lipinski definition) is 4. The summed E-state index contributed by atoms with van der Waals surface area (Å²) in [6.07, 6.45) is 3.31. The first-order chi connectivity index (χ1) is 7.56. The van der Waals surface area contributed by atoms with Crippen molar-refractivity contribution >= 4 is 23.3 Å². The molecule has 0 aliphatic heterocycles. The van der Waals surface area contributed by atoms with Gasteiger partial charge in [-0.05, 0) is 44.4 Å². The molecule has 16 heavy (non-hydrogen) atoms. The molecule has 0 saturated heterocycles. The molecule has 0 saturated carbocycles. The quantitative estimate of drug-likeness (QED) is 0.857. The molecule has 1 aromatic rings. The van der Waals surface area contributed by atoms with E-state index in [-0.39, 0.29) is 0 Å². The number of pyridine rings is 1. The molecule has 1 rings (SSSR count). The Labute approximate surface area is 102 Å². The maximum atomic E-state index is 5.76. The van der Waals surface area contributed by atoms with Crippen molar-refractivity contribution in [3.05, 3.63) is 17.8 Å². The molecule has 1 aromatic heterocycles. The van der Waals surface area contributed by atoms with Gasteiger partial charge in [0.1, 0.15) is 5.82 Å². The minimum atomic E-state index is 0.503. The first kappa shape index (κ1) is 13.2. The molecule has 4 heteroatoms. The van der Waals surface area contributed by atoms with Crippen molar-refractivity contribution in [2.45, 2.75) is 26.3 Å². The first-order valence-corrected chi connectivity index (χ1v) is 6.90. The molecule has 0 aliphatic carbocycles. The Bertz CT molecular complexity index is 341. The highest BCUT2D eigenvalue weighted by atomic mass is 32.2. The monoisotopic (exact) mass is 239 g/mol. The summed E-state index contributed by atoms with van der Waals surface area (Å²) in [6.45, 7) is 4.17. The van der Waals surface area contributed by atoms with Gasteiger partial charge in [0.15, 0.2) is 0 Å². The molecular weight excluding hydrogens is 218 g/mol. The van der Waals surface area contributed by atoms with Crippen LogP contribution in [0.1, 0.15) is 19.0 Å². The van der Waals surface area contributed by atoms with Gasteiger partial charge in [0, 0.05) is 13.1 Å². The maximum absolute atomic E-state index is 5.76. The van der Waals surface area contributed by atoms with E-state index in [1.54, 1.807) is 0 Å². The minimum absolute atomic E-state index is 0.503. The van der Waals surface area contributed by atoms with Crippen LogP contribution in [0.4, 0.5) is 11.5 Å². The predicted octanol–water partition coefficient (Wildman–Crippen LogP) is 2.55. The third-order valence-electron chi connectivity index (χ3n) is 2.87.